The molecule has 2 aromatic carbocycles. The smallest absolute Gasteiger partial charge is 0.336 e. The van der Waals surface area contributed by atoms with Crippen LogP contribution >= 0.6 is 0 Å². The van der Waals surface area contributed by atoms with Crippen LogP contribution in [-0.2, 0) is 13.0 Å². The molecule has 3 aromatic rings. The fourth-order valence-corrected chi connectivity index (χ4v) is 5.50. The molecule has 0 bridgehead atoms. The summed E-state index contributed by atoms with van der Waals surface area (Å²) in [5.41, 5.74) is 9.11. The van der Waals surface area contributed by atoms with Crippen LogP contribution in [0.2, 0.25) is 0 Å². The van der Waals surface area contributed by atoms with Crippen molar-refractivity contribution >= 4 is 11.7 Å². The fraction of sp³-hybridized carbons (Fsp3) is 0.357. The predicted octanol–water partition coefficient (Wildman–Crippen LogP) is 5.47. The van der Waals surface area contributed by atoms with Crippen molar-refractivity contribution in [1.82, 2.24) is 9.88 Å². The number of carbonyl (C=O) groups is 1. The van der Waals surface area contributed by atoms with Crippen LogP contribution in [0.5, 0.6) is 0 Å². The molecule has 33 heavy (non-hydrogen) atoms. The summed E-state index contributed by atoms with van der Waals surface area (Å²) < 4.78 is 0. The summed E-state index contributed by atoms with van der Waals surface area (Å²) in [7, 11) is 2.15. The number of fused-ring (bicyclic) bond motifs is 1. The third-order valence-electron chi connectivity index (χ3n) is 7.27. The molecule has 1 atom stereocenters. The second-order valence-corrected chi connectivity index (χ2v) is 9.41. The lowest BCUT2D eigenvalue weighted by Gasteiger charge is -2.21. The number of hydrogen-bond acceptors (Lipinski definition) is 4. The Morgan fingerprint density at radius 3 is 2.70 bits per heavy atom. The summed E-state index contributed by atoms with van der Waals surface area (Å²) in [6, 6.07) is 15.6. The van der Waals surface area contributed by atoms with Crippen LogP contribution in [0.15, 0.2) is 54.9 Å². The number of carboxylic acids is 1. The summed E-state index contributed by atoms with van der Waals surface area (Å²) in [6.45, 7) is 5.46. The molecular formula is C28H31N3O2. The molecule has 0 radical (unpaired) electrons. The van der Waals surface area contributed by atoms with Crippen molar-refractivity contribution < 1.29 is 9.90 Å². The maximum absolute atomic E-state index is 11.5. The SMILES string of the molecule is Cc1cc(N2CCCC2)ccc1-c1ccc2c(c1)CN(C)[C@@H]2CCc1cnccc1C(=O)O. The van der Waals surface area contributed by atoms with E-state index in [2.05, 4.69) is 65.2 Å². The number of benzene rings is 2. The molecule has 170 valence electrons. The highest BCUT2D eigenvalue weighted by Crippen LogP contribution is 2.39. The average molecular weight is 442 g/mol. The van der Waals surface area contributed by atoms with Gasteiger partial charge in [0, 0.05) is 43.8 Å². The highest BCUT2D eigenvalue weighted by atomic mass is 16.4. The fourth-order valence-electron chi connectivity index (χ4n) is 5.50. The van der Waals surface area contributed by atoms with E-state index < -0.39 is 5.97 Å². The Balaban J connectivity index is 1.36. The molecule has 0 spiro atoms. The lowest BCUT2D eigenvalue weighted by Crippen LogP contribution is -2.17. The first kappa shape index (κ1) is 21.7. The molecule has 2 aliphatic heterocycles. The van der Waals surface area contributed by atoms with Gasteiger partial charge in [0.05, 0.1) is 5.56 Å². The van der Waals surface area contributed by atoms with Crippen LogP contribution in [0.25, 0.3) is 11.1 Å². The molecule has 0 saturated carbocycles. The van der Waals surface area contributed by atoms with E-state index in [0.717, 1.165) is 18.5 Å². The van der Waals surface area contributed by atoms with Gasteiger partial charge in [-0.2, -0.15) is 0 Å². The molecule has 0 amide bonds. The van der Waals surface area contributed by atoms with Crippen molar-refractivity contribution in [2.75, 3.05) is 25.0 Å². The summed E-state index contributed by atoms with van der Waals surface area (Å²) in [4.78, 5) is 20.5. The van der Waals surface area contributed by atoms with Gasteiger partial charge in [0.1, 0.15) is 0 Å². The Morgan fingerprint density at radius 2 is 1.94 bits per heavy atom. The Bertz CT molecular complexity index is 1180. The molecule has 3 heterocycles. The Hall–Kier alpha value is -3.18. The number of aromatic carboxylic acids is 1. The maximum Gasteiger partial charge on any atom is 0.336 e. The van der Waals surface area contributed by atoms with Gasteiger partial charge in [0.2, 0.25) is 0 Å². The molecule has 1 fully saturated rings. The van der Waals surface area contributed by atoms with Gasteiger partial charge in [-0.25, -0.2) is 4.79 Å². The van der Waals surface area contributed by atoms with E-state index in [1.807, 2.05) is 0 Å². The number of aryl methyl sites for hydroxylation is 2. The van der Waals surface area contributed by atoms with Crippen LogP contribution in [0, 0.1) is 6.92 Å². The first-order chi connectivity index (χ1) is 16.0. The Labute approximate surface area is 195 Å². The zero-order chi connectivity index (χ0) is 22.9. The van der Waals surface area contributed by atoms with E-state index in [1.54, 1.807) is 18.5 Å². The quantitative estimate of drug-likeness (QED) is 0.549. The molecule has 5 nitrogen and oxygen atoms in total. The molecule has 1 saturated heterocycles. The lowest BCUT2D eigenvalue weighted by atomic mass is 9.93. The zero-order valence-corrected chi connectivity index (χ0v) is 19.4. The van der Waals surface area contributed by atoms with Gasteiger partial charge in [-0.1, -0.05) is 18.2 Å². The molecule has 1 N–H and O–H groups in total. The van der Waals surface area contributed by atoms with E-state index in [9.17, 15) is 9.90 Å². The minimum atomic E-state index is -0.886. The van der Waals surface area contributed by atoms with Gasteiger partial charge in [0.15, 0.2) is 0 Å². The standard InChI is InChI=1S/C28H31N3O2/c1-19-15-23(31-13-3-4-14-31)7-9-24(19)20-5-8-25-22(16-20)18-30(2)27(25)10-6-21-17-29-12-11-26(21)28(32)33/h5,7-9,11-12,15-17,27H,3-4,6,10,13-14,18H2,1-2H3,(H,32,33)/t27-/m1/s1. The molecule has 2 aliphatic rings. The van der Waals surface area contributed by atoms with E-state index >= 15 is 0 Å². The van der Waals surface area contributed by atoms with E-state index in [-0.39, 0.29) is 6.04 Å². The summed E-state index contributed by atoms with van der Waals surface area (Å²) in [6.07, 6.45) is 7.39. The third-order valence-corrected chi connectivity index (χ3v) is 7.27. The van der Waals surface area contributed by atoms with Gasteiger partial charge >= 0.3 is 5.97 Å². The molecule has 1 aromatic heterocycles. The van der Waals surface area contributed by atoms with Crippen molar-refractivity contribution in [3.05, 3.63) is 82.7 Å². The highest BCUT2D eigenvalue weighted by molar-refractivity contribution is 5.89. The van der Waals surface area contributed by atoms with Gasteiger partial charge in [-0.15, -0.1) is 0 Å². The van der Waals surface area contributed by atoms with E-state index in [4.69, 9.17) is 0 Å². The first-order valence-electron chi connectivity index (χ1n) is 11.9. The van der Waals surface area contributed by atoms with Gasteiger partial charge in [0.25, 0.3) is 0 Å². The van der Waals surface area contributed by atoms with Crippen molar-refractivity contribution in [2.24, 2.45) is 0 Å². The third kappa shape index (κ3) is 4.25. The van der Waals surface area contributed by atoms with Crippen LogP contribution < -0.4 is 4.90 Å². The van der Waals surface area contributed by atoms with Gasteiger partial charge < -0.3 is 10.0 Å². The van der Waals surface area contributed by atoms with Crippen molar-refractivity contribution in [3.63, 3.8) is 0 Å². The van der Waals surface area contributed by atoms with Crippen molar-refractivity contribution in [1.29, 1.82) is 0 Å². The van der Waals surface area contributed by atoms with Crippen LogP contribution in [0.3, 0.4) is 0 Å². The van der Waals surface area contributed by atoms with E-state index in [0.29, 0.717) is 12.0 Å². The van der Waals surface area contributed by atoms with Gasteiger partial charge in [-0.05, 0) is 97.3 Å². The minimum Gasteiger partial charge on any atom is -0.478 e. The first-order valence-corrected chi connectivity index (χ1v) is 11.9. The molecule has 0 aliphatic carbocycles. The number of pyridine rings is 1. The topological polar surface area (TPSA) is 56.7 Å². The highest BCUT2D eigenvalue weighted by Gasteiger charge is 2.28. The number of nitrogens with zero attached hydrogens (tertiary/aromatic N) is 3. The van der Waals surface area contributed by atoms with Crippen LogP contribution in [0.4, 0.5) is 5.69 Å². The molecule has 5 heteroatoms. The predicted molar refractivity (Wildman–Crippen MR) is 132 cm³/mol. The van der Waals surface area contributed by atoms with Crippen LogP contribution in [-0.4, -0.2) is 41.1 Å². The Morgan fingerprint density at radius 1 is 1.12 bits per heavy atom. The second-order valence-electron chi connectivity index (χ2n) is 9.41. The number of anilines is 1. The average Bonchev–Trinajstić information content (AvgIpc) is 3.45. The number of hydrogen-bond donors (Lipinski definition) is 1. The zero-order valence-electron chi connectivity index (χ0n) is 19.4. The summed E-state index contributed by atoms with van der Waals surface area (Å²) >= 11 is 0. The lowest BCUT2D eigenvalue weighted by molar-refractivity contribution is 0.0695. The minimum absolute atomic E-state index is 0.287. The molecule has 5 rings (SSSR count). The largest absolute Gasteiger partial charge is 0.478 e. The van der Waals surface area contributed by atoms with Crippen LogP contribution in [0.1, 0.15) is 57.9 Å². The normalized spacial score (nSPS) is 18.0. The summed E-state index contributed by atoms with van der Waals surface area (Å²) in [5, 5.41) is 9.47. The second kappa shape index (κ2) is 8.99. The number of aromatic nitrogens is 1. The van der Waals surface area contributed by atoms with Gasteiger partial charge in [-0.3, -0.25) is 9.88 Å². The maximum atomic E-state index is 11.5. The van der Waals surface area contributed by atoms with E-state index in [1.165, 1.54) is 59.4 Å². The number of rotatable bonds is 6. The Kier molecular flexibility index (Phi) is 5.90. The van der Waals surface area contributed by atoms with Crippen molar-refractivity contribution in [3.8, 4) is 11.1 Å². The number of carboxylic acid groups (broad SMARTS) is 1. The van der Waals surface area contributed by atoms with Crippen molar-refractivity contribution in [2.45, 2.75) is 45.2 Å². The molecule has 0 unspecified atom stereocenters. The molecular weight excluding hydrogens is 410 g/mol. The summed E-state index contributed by atoms with van der Waals surface area (Å²) in [5.74, 6) is -0.886. The monoisotopic (exact) mass is 441 g/mol.